The highest BCUT2D eigenvalue weighted by atomic mass is 16.5. The number of aromatic hydroxyl groups is 5. The van der Waals surface area contributed by atoms with E-state index in [9.17, 15) is 30.3 Å². The van der Waals surface area contributed by atoms with Gasteiger partial charge in [-0.25, -0.2) is 0 Å². The van der Waals surface area contributed by atoms with Crippen LogP contribution in [-0.4, -0.2) is 38.4 Å². The predicted octanol–water partition coefficient (Wildman–Crippen LogP) is 1.45. The lowest BCUT2D eigenvalue weighted by Gasteiger charge is -2.10. The first-order valence-corrected chi connectivity index (χ1v) is 5.75. The Bertz CT molecular complexity index is 698. The fraction of sp³-hybridized carbons (Fsp3) is 0.0714. The Morgan fingerprint density at radius 1 is 0.905 bits per heavy atom. The molecule has 0 radical (unpaired) electrons. The van der Waals surface area contributed by atoms with E-state index in [1.54, 1.807) is 0 Å². The minimum atomic E-state index is -0.768. The maximum Gasteiger partial charge on any atom is 0.201 e. The van der Waals surface area contributed by atoms with E-state index in [0.717, 1.165) is 12.1 Å². The molecular weight excluding hydrogens is 280 g/mol. The molecule has 2 aromatic carbocycles. The zero-order valence-corrected chi connectivity index (χ0v) is 10.9. The number of ketones is 1. The molecule has 2 aromatic rings. The van der Waals surface area contributed by atoms with Gasteiger partial charge in [0, 0.05) is 5.56 Å². The van der Waals surface area contributed by atoms with Crippen molar-refractivity contribution < 1.29 is 35.1 Å². The summed E-state index contributed by atoms with van der Waals surface area (Å²) in [6.45, 7) is 0. The average molecular weight is 292 g/mol. The molecule has 0 bridgehead atoms. The van der Waals surface area contributed by atoms with Crippen molar-refractivity contribution in [2.75, 3.05) is 7.11 Å². The Labute approximate surface area is 118 Å². The first kappa shape index (κ1) is 14.3. The maximum atomic E-state index is 12.2. The van der Waals surface area contributed by atoms with Gasteiger partial charge in [-0.1, -0.05) is 0 Å². The van der Waals surface area contributed by atoms with Crippen LogP contribution in [0.4, 0.5) is 0 Å². The number of rotatable bonds is 3. The maximum absolute atomic E-state index is 12.2. The molecule has 0 unspecified atom stereocenters. The normalized spacial score (nSPS) is 10.3. The summed E-state index contributed by atoms with van der Waals surface area (Å²) in [6, 6.07) is 4.36. The lowest BCUT2D eigenvalue weighted by atomic mass is 10.0. The number of hydrogen-bond donors (Lipinski definition) is 5. The minimum absolute atomic E-state index is 0.0135. The first-order chi connectivity index (χ1) is 9.86. The lowest BCUT2D eigenvalue weighted by Crippen LogP contribution is -2.02. The van der Waals surface area contributed by atoms with Crippen LogP contribution in [0.3, 0.4) is 0 Å². The molecule has 0 aliphatic rings. The van der Waals surface area contributed by atoms with Gasteiger partial charge in [0.05, 0.1) is 12.7 Å². The summed E-state index contributed by atoms with van der Waals surface area (Å²) in [5, 5.41) is 47.5. The van der Waals surface area contributed by atoms with Crippen LogP contribution >= 0.6 is 0 Å². The Balaban J connectivity index is 2.53. The largest absolute Gasteiger partial charge is 0.504 e. The van der Waals surface area contributed by atoms with Gasteiger partial charge in [0.1, 0.15) is 0 Å². The van der Waals surface area contributed by atoms with Gasteiger partial charge in [-0.2, -0.15) is 0 Å². The molecule has 0 fully saturated rings. The SMILES string of the molecule is COc1ccc(C(=O)c2cc(O)c(O)c(O)c2)c(O)c1O. The third-order valence-corrected chi connectivity index (χ3v) is 2.91. The second-order valence-corrected chi connectivity index (χ2v) is 4.20. The Morgan fingerprint density at radius 2 is 1.48 bits per heavy atom. The third kappa shape index (κ3) is 2.36. The van der Waals surface area contributed by atoms with E-state index in [2.05, 4.69) is 0 Å². The lowest BCUT2D eigenvalue weighted by molar-refractivity contribution is 0.103. The summed E-state index contributed by atoms with van der Waals surface area (Å²) < 4.78 is 4.79. The Hall–Kier alpha value is -3.09. The topological polar surface area (TPSA) is 127 Å². The molecule has 0 aliphatic heterocycles. The molecule has 5 N–H and O–H groups in total. The van der Waals surface area contributed by atoms with E-state index in [1.807, 2.05) is 0 Å². The molecule has 21 heavy (non-hydrogen) atoms. The molecule has 0 spiro atoms. The summed E-state index contributed by atoms with van der Waals surface area (Å²) in [5.41, 5.74) is -0.430. The van der Waals surface area contributed by atoms with Crippen molar-refractivity contribution in [3.63, 3.8) is 0 Å². The van der Waals surface area contributed by atoms with Crippen molar-refractivity contribution in [2.45, 2.75) is 0 Å². The Morgan fingerprint density at radius 3 is 2.00 bits per heavy atom. The monoisotopic (exact) mass is 292 g/mol. The number of carbonyl (C=O) groups is 1. The van der Waals surface area contributed by atoms with Crippen molar-refractivity contribution in [1.82, 2.24) is 0 Å². The third-order valence-electron chi connectivity index (χ3n) is 2.91. The van der Waals surface area contributed by atoms with Crippen LogP contribution in [0.25, 0.3) is 0 Å². The van der Waals surface area contributed by atoms with Crippen LogP contribution in [0, 0.1) is 0 Å². The van der Waals surface area contributed by atoms with E-state index in [-0.39, 0.29) is 16.9 Å². The molecule has 0 heterocycles. The van der Waals surface area contributed by atoms with E-state index >= 15 is 0 Å². The summed E-state index contributed by atoms with van der Waals surface area (Å²) in [6.07, 6.45) is 0. The summed E-state index contributed by atoms with van der Waals surface area (Å²) in [5.74, 6) is -4.20. The molecule has 110 valence electrons. The number of ether oxygens (including phenoxy) is 1. The van der Waals surface area contributed by atoms with Gasteiger partial charge in [-0.15, -0.1) is 0 Å². The summed E-state index contributed by atoms with van der Waals surface area (Å²) >= 11 is 0. The standard InChI is InChI=1S/C14H12O7/c1-21-10-3-2-7(12(18)14(10)20)11(17)6-4-8(15)13(19)9(16)5-6/h2-5,15-16,18-20H,1H3. The van der Waals surface area contributed by atoms with E-state index < -0.39 is 34.5 Å². The first-order valence-electron chi connectivity index (χ1n) is 5.75. The van der Waals surface area contributed by atoms with E-state index in [1.165, 1.54) is 19.2 Å². The molecule has 0 saturated heterocycles. The molecule has 7 nitrogen and oxygen atoms in total. The predicted molar refractivity (Wildman–Crippen MR) is 71.2 cm³/mol. The molecule has 0 amide bonds. The molecule has 0 atom stereocenters. The summed E-state index contributed by atoms with van der Waals surface area (Å²) in [4.78, 5) is 12.2. The fourth-order valence-corrected chi connectivity index (χ4v) is 1.80. The molecule has 0 aliphatic carbocycles. The fourth-order valence-electron chi connectivity index (χ4n) is 1.80. The Kier molecular flexibility index (Phi) is 3.49. The molecule has 0 aromatic heterocycles. The van der Waals surface area contributed by atoms with Crippen LogP contribution in [0.2, 0.25) is 0 Å². The number of phenols is 5. The van der Waals surface area contributed by atoms with E-state index in [0.29, 0.717) is 0 Å². The second kappa shape index (κ2) is 5.12. The van der Waals surface area contributed by atoms with Crippen LogP contribution in [0.5, 0.6) is 34.5 Å². The highest BCUT2D eigenvalue weighted by Crippen LogP contribution is 2.40. The van der Waals surface area contributed by atoms with Crippen molar-refractivity contribution >= 4 is 5.78 Å². The van der Waals surface area contributed by atoms with Crippen molar-refractivity contribution in [3.8, 4) is 34.5 Å². The number of hydrogen-bond acceptors (Lipinski definition) is 7. The van der Waals surface area contributed by atoms with Gasteiger partial charge in [-0.05, 0) is 24.3 Å². The van der Waals surface area contributed by atoms with E-state index in [4.69, 9.17) is 4.74 Å². The smallest absolute Gasteiger partial charge is 0.201 e. The van der Waals surface area contributed by atoms with Gasteiger partial charge in [-0.3, -0.25) is 4.79 Å². The number of phenolic OH excluding ortho intramolecular Hbond substituents is 5. The van der Waals surface area contributed by atoms with Gasteiger partial charge < -0.3 is 30.3 Å². The number of benzene rings is 2. The zero-order chi connectivity index (χ0) is 15.7. The van der Waals surface area contributed by atoms with Crippen LogP contribution < -0.4 is 4.74 Å². The van der Waals surface area contributed by atoms with Crippen LogP contribution in [0.1, 0.15) is 15.9 Å². The van der Waals surface area contributed by atoms with Gasteiger partial charge in [0.2, 0.25) is 5.75 Å². The molecule has 7 heteroatoms. The minimum Gasteiger partial charge on any atom is -0.504 e. The van der Waals surface area contributed by atoms with Crippen molar-refractivity contribution in [2.24, 2.45) is 0 Å². The van der Waals surface area contributed by atoms with Gasteiger partial charge >= 0.3 is 0 Å². The van der Waals surface area contributed by atoms with Gasteiger partial charge in [0.25, 0.3) is 0 Å². The quantitative estimate of drug-likeness (QED) is 0.428. The summed E-state index contributed by atoms with van der Waals surface area (Å²) in [7, 11) is 1.28. The number of methoxy groups -OCH3 is 1. The van der Waals surface area contributed by atoms with Crippen LogP contribution in [-0.2, 0) is 0 Å². The molecule has 0 saturated carbocycles. The highest BCUT2D eigenvalue weighted by Gasteiger charge is 2.21. The van der Waals surface area contributed by atoms with Gasteiger partial charge in [0.15, 0.2) is 34.5 Å². The average Bonchev–Trinajstić information content (AvgIpc) is 2.46. The second-order valence-electron chi connectivity index (χ2n) is 4.20. The van der Waals surface area contributed by atoms with Crippen molar-refractivity contribution in [1.29, 1.82) is 0 Å². The van der Waals surface area contributed by atoms with Crippen LogP contribution in [0.15, 0.2) is 24.3 Å². The van der Waals surface area contributed by atoms with Crippen molar-refractivity contribution in [3.05, 3.63) is 35.4 Å². The zero-order valence-electron chi connectivity index (χ0n) is 10.9. The molecule has 2 rings (SSSR count). The molecular formula is C14H12O7. The number of carbonyl (C=O) groups excluding carboxylic acids is 1. The highest BCUT2D eigenvalue weighted by molar-refractivity contribution is 6.11.